The zero-order valence-electron chi connectivity index (χ0n) is 23.8. The van der Waals surface area contributed by atoms with Crippen LogP contribution in [0.15, 0.2) is 43.0 Å². The van der Waals surface area contributed by atoms with E-state index in [0.717, 1.165) is 53.6 Å². The van der Waals surface area contributed by atoms with Crippen molar-refractivity contribution >= 4 is 40.1 Å². The summed E-state index contributed by atoms with van der Waals surface area (Å²) in [5, 5.41) is 6.48. The Morgan fingerprint density at radius 1 is 1.20 bits per heavy atom. The second-order valence-corrected chi connectivity index (χ2v) is 12.8. The van der Waals surface area contributed by atoms with E-state index in [1.807, 2.05) is 12.1 Å². The summed E-state index contributed by atoms with van der Waals surface area (Å²) in [5.41, 5.74) is 2.87. The molecule has 7 nitrogen and oxygen atoms in total. The minimum Gasteiger partial charge on any atom is -0.339 e. The molecule has 0 bridgehead atoms. The summed E-state index contributed by atoms with van der Waals surface area (Å²) in [6.45, 7) is 13.0. The fourth-order valence-corrected chi connectivity index (χ4v) is 5.83. The van der Waals surface area contributed by atoms with Crippen LogP contribution in [0.1, 0.15) is 86.0 Å². The number of imidazole rings is 1. The molecule has 0 radical (unpaired) electrons. The molecule has 1 aliphatic carbocycles. The number of aromatic nitrogens is 2. The van der Waals surface area contributed by atoms with Gasteiger partial charge in [-0.3, -0.25) is 14.9 Å². The van der Waals surface area contributed by atoms with Gasteiger partial charge in [0.2, 0.25) is 11.9 Å². The lowest BCUT2D eigenvalue weighted by atomic mass is 9.88. The third-order valence-electron chi connectivity index (χ3n) is 8.06. The number of rotatable bonds is 9. The minimum absolute atomic E-state index is 0.0635. The fraction of sp³-hybridized carbons (Fsp3) is 0.500. The van der Waals surface area contributed by atoms with Gasteiger partial charge in [0, 0.05) is 31.7 Å². The van der Waals surface area contributed by atoms with Crippen LogP contribution >= 0.6 is 11.3 Å². The SMILES string of the molecule is C=CC(=O)N(C)[C@H]1CC[C@@H](n2c(NC(=O)c3ccc(C(F)F)s3)nc3cc(CN[C@@H](C)C(C)(C)C)ccc32)CC1. The number of likely N-dealkylation sites (N-methyl/N-ethyl adjacent to an activating group) is 1. The van der Waals surface area contributed by atoms with Crippen molar-refractivity contribution in [1.82, 2.24) is 19.8 Å². The molecule has 2 N–H and O–H groups in total. The number of hydrogen-bond acceptors (Lipinski definition) is 5. The average Bonchev–Trinajstić information content (AvgIpc) is 3.55. The van der Waals surface area contributed by atoms with Crippen molar-refractivity contribution in [2.45, 2.75) is 84.5 Å². The van der Waals surface area contributed by atoms with E-state index in [4.69, 9.17) is 4.98 Å². The first-order valence-electron chi connectivity index (χ1n) is 13.7. The number of halogens is 2. The largest absolute Gasteiger partial charge is 0.339 e. The van der Waals surface area contributed by atoms with Gasteiger partial charge in [-0.25, -0.2) is 13.8 Å². The maximum absolute atomic E-state index is 13.1. The fourth-order valence-electron chi connectivity index (χ4n) is 5.07. The number of nitrogens with zero attached hydrogens (tertiary/aromatic N) is 3. The molecule has 1 atom stereocenters. The zero-order chi connectivity index (χ0) is 29.2. The molecular weight excluding hydrogens is 532 g/mol. The molecule has 40 heavy (non-hydrogen) atoms. The first-order valence-corrected chi connectivity index (χ1v) is 14.5. The summed E-state index contributed by atoms with van der Waals surface area (Å²) in [6, 6.07) is 9.35. The molecule has 10 heteroatoms. The highest BCUT2D eigenvalue weighted by Crippen LogP contribution is 2.36. The Labute approximate surface area is 238 Å². The molecule has 3 aromatic rings. The predicted octanol–water partition coefficient (Wildman–Crippen LogP) is 6.94. The number of carbonyl (C=O) groups excluding carboxylic acids is 2. The van der Waals surface area contributed by atoms with Gasteiger partial charge in [0.15, 0.2) is 0 Å². The van der Waals surface area contributed by atoms with Gasteiger partial charge in [0.1, 0.15) is 0 Å². The van der Waals surface area contributed by atoms with Gasteiger partial charge in [0.25, 0.3) is 12.3 Å². The minimum atomic E-state index is -2.62. The van der Waals surface area contributed by atoms with Crippen molar-refractivity contribution in [1.29, 1.82) is 0 Å². The topological polar surface area (TPSA) is 79.3 Å². The standard InChI is InChI=1S/C30H39F2N5O2S/c1-7-26(38)36(6)20-9-11-21(12-10-20)37-23-13-8-19(17-33-18(2)30(3,4)5)16-22(23)34-29(37)35-28(39)25-15-14-24(40-25)27(31)32/h7-8,13-16,18,20-21,27,33H,1,9-12,17H2,2-6H3,(H,34,35,39)/t18-,20-,21+/m0/s1. The number of benzene rings is 1. The van der Waals surface area contributed by atoms with Crippen molar-refractivity contribution < 1.29 is 18.4 Å². The van der Waals surface area contributed by atoms with E-state index in [-0.39, 0.29) is 33.2 Å². The quantitative estimate of drug-likeness (QED) is 0.273. The van der Waals surface area contributed by atoms with Crippen LogP contribution in [-0.4, -0.2) is 45.4 Å². The predicted molar refractivity (Wildman–Crippen MR) is 157 cm³/mol. The van der Waals surface area contributed by atoms with E-state index >= 15 is 0 Å². The number of thiophene rings is 1. The number of carbonyl (C=O) groups is 2. The molecular formula is C30H39F2N5O2S. The molecule has 1 aliphatic rings. The molecule has 1 fully saturated rings. The second-order valence-electron chi connectivity index (χ2n) is 11.7. The van der Waals surface area contributed by atoms with Crippen LogP contribution in [0.25, 0.3) is 11.0 Å². The lowest BCUT2D eigenvalue weighted by molar-refractivity contribution is -0.127. The number of fused-ring (bicyclic) bond motifs is 1. The van der Waals surface area contributed by atoms with Gasteiger partial charge in [-0.15, -0.1) is 11.3 Å². The first-order chi connectivity index (χ1) is 18.9. The monoisotopic (exact) mass is 571 g/mol. The van der Waals surface area contributed by atoms with Crippen molar-refractivity contribution in [2.24, 2.45) is 5.41 Å². The van der Waals surface area contributed by atoms with Gasteiger partial charge in [-0.1, -0.05) is 33.4 Å². The summed E-state index contributed by atoms with van der Waals surface area (Å²) >= 11 is 0.786. The van der Waals surface area contributed by atoms with E-state index in [9.17, 15) is 18.4 Å². The van der Waals surface area contributed by atoms with Gasteiger partial charge in [-0.2, -0.15) is 0 Å². The van der Waals surface area contributed by atoms with E-state index < -0.39 is 12.3 Å². The van der Waals surface area contributed by atoms with Crippen molar-refractivity contribution in [3.05, 3.63) is 58.3 Å². The number of amides is 2. The van der Waals surface area contributed by atoms with Gasteiger partial charge >= 0.3 is 0 Å². The van der Waals surface area contributed by atoms with Crippen LogP contribution in [0.5, 0.6) is 0 Å². The third-order valence-corrected chi connectivity index (χ3v) is 9.15. The molecule has 1 saturated carbocycles. The summed E-state index contributed by atoms with van der Waals surface area (Å²) in [6.07, 6.45) is 1.93. The maximum atomic E-state index is 13.1. The van der Waals surface area contributed by atoms with Crippen LogP contribution in [0.4, 0.5) is 14.7 Å². The molecule has 2 amide bonds. The molecule has 1 aromatic carbocycles. The highest BCUT2D eigenvalue weighted by Gasteiger charge is 2.30. The van der Waals surface area contributed by atoms with Crippen LogP contribution in [0.2, 0.25) is 0 Å². The van der Waals surface area contributed by atoms with Crippen LogP contribution in [-0.2, 0) is 11.3 Å². The van der Waals surface area contributed by atoms with E-state index in [0.29, 0.717) is 18.5 Å². The highest BCUT2D eigenvalue weighted by atomic mass is 32.1. The Morgan fingerprint density at radius 3 is 2.50 bits per heavy atom. The van der Waals surface area contributed by atoms with Crippen LogP contribution in [0.3, 0.4) is 0 Å². The molecule has 216 valence electrons. The Morgan fingerprint density at radius 2 is 1.90 bits per heavy atom. The third kappa shape index (κ3) is 6.61. The van der Waals surface area contributed by atoms with E-state index in [1.54, 1.807) is 11.9 Å². The molecule has 2 aromatic heterocycles. The Bertz CT molecular complexity index is 1370. The van der Waals surface area contributed by atoms with Crippen molar-refractivity contribution in [2.75, 3.05) is 12.4 Å². The van der Waals surface area contributed by atoms with Gasteiger partial charge in [-0.05, 0) is 73.9 Å². The summed E-state index contributed by atoms with van der Waals surface area (Å²) < 4.78 is 28.3. The van der Waals surface area contributed by atoms with E-state index in [2.05, 4.69) is 55.5 Å². The number of anilines is 1. The zero-order valence-corrected chi connectivity index (χ0v) is 24.7. The molecule has 2 heterocycles. The Hall–Kier alpha value is -3.11. The smallest absolute Gasteiger partial charge is 0.272 e. The van der Waals surface area contributed by atoms with Gasteiger partial charge in [0.05, 0.1) is 20.8 Å². The molecule has 0 spiro atoms. The Balaban J connectivity index is 1.62. The van der Waals surface area contributed by atoms with Crippen LogP contribution in [0, 0.1) is 5.41 Å². The van der Waals surface area contributed by atoms with E-state index in [1.165, 1.54) is 18.2 Å². The second kappa shape index (κ2) is 12.2. The highest BCUT2D eigenvalue weighted by molar-refractivity contribution is 7.14. The lowest BCUT2D eigenvalue weighted by Crippen LogP contribution is -2.39. The summed E-state index contributed by atoms with van der Waals surface area (Å²) in [4.78, 5) is 31.8. The average molecular weight is 572 g/mol. The molecule has 4 rings (SSSR count). The first kappa shape index (κ1) is 29.9. The lowest BCUT2D eigenvalue weighted by Gasteiger charge is -2.35. The number of alkyl halides is 2. The van der Waals surface area contributed by atoms with Crippen molar-refractivity contribution in [3.8, 4) is 0 Å². The Kier molecular flexibility index (Phi) is 9.09. The van der Waals surface area contributed by atoms with Crippen LogP contribution < -0.4 is 10.6 Å². The molecule has 0 unspecified atom stereocenters. The molecule has 0 aliphatic heterocycles. The summed E-state index contributed by atoms with van der Waals surface area (Å²) in [5.74, 6) is -0.149. The summed E-state index contributed by atoms with van der Waals surface area (Å²) in [7, 11) is 1.80. The molecule has 0 saturated heterocycles. The number of nitrogens with one attached hydrogen (secondary N) is 2. The maximum Gasteiger partial charge on any atom is 0.272 e. The van der Waals surface area contributed by atoms with Crippen molar-refractivity contribution in [3.63, 3.8) is 0 Å². The normalized spacial score (nSPS) is 18.6. The number of hydrogen-bond donors (Lipinski definition) is 2. The van der Waals surface area contributed by atoms with Gasteiger partial charge < -0.3 is 14.8 Å².